The van der Waals surface area contributed by atoms with Crippen LogP contribution < -0.4 is 0 Å². The lowest BCUT2D eigenvalue weighted by atomic mass is 9.94. The van der Waals surface area contributed by atoms with Gasteiger partial charge in [0.15, 0.2) is 0 Å². The predicted molar refractivity (Wildman–Crippen MR) is 71.9 cm³/mol. The van der Waals surface area contributed by atoms with Crippen LogP contribution in [0, 0.1) is 0 Å². The van der Waals surface area contributed by atoms with E-state index in [4.69, 9.17) is 4.74 Å². The molecule has 0 radical (unpaired) electrons. The molecule has 1 aliphatic carbocycles. The van der Waals surface area contributed by atoms with Crippen LogP contribution in [0.2, 0.25) is 0 Å². The Morgan fingerprint density at radius 1 is 1.41 bits per heavy atom. The zero-order valence-corrected chi connectivity index (χ0v) is 11.5. The minimum Gasteiger partial charge on any atom is -0.489 e. The summed E-state index contributed by atoms with van der Waals surface area (Å²) in [6.45, 7) is 6.06. The largest absolute Gasteiger partial charge is 0.489 e. The zero-order chi connectivity index (χ0) is 12.5. The fraction of sp³-hybridized carbons (Fsp3) is 0.571. The van der Waals surface area contributed by atoms with Crippen LogP contribution in [-0.4, -0.2) is 16.8 Å². The van der Waals surface area contributed by atoms with E-state index in [1.165, 1.54) is 10.5 Å². The van der Waals surface area contributed by atoms with Gasteiger partial charge in [-0.25, -0.2) is 0 Å². The average Bonchev–Trinajstić information content (AvgIpc) is 2.72. The molecule has 2 nitrogen and oxygen atoms in total. The van der Waals surface area contributed by atoms with E-state index in [1.807, 2.05) is 26.8 Å². The molecule has 1 heterocycles. The van der Waals surface area contributed by atoms with Crippen LogP contribution in [0.5, 0.6) is 0 Å². The van der Waals surface area contributed by atoms with Gasteiger partial charge in [-0.05, 0) is 51.5 Å². The summed E-state index contributed by atoms with van der Waals surface area (Å²) >= 11 is 1.71. The molecule has 1 N–H and O–H groups in total. The van der Waals surface area contributed by atoms with Crippen molar-refractivity contribution in [1.82, 2.24) is 0 Å². The van der Waals surface area contributed by atoms with E-state index < -0.39 is 6.10 Å². The van der Waals surface area contributed by atoms with Crippen molar-refractivity contribution in [2.45, 2.75) is 51.7 Å². The molecule has 1 unspecified atom stereocenters. The quantitative estimate of drug-likeness (QED) is 0.867. The van der Waals surface area contributed by atoms with E-state index in [0.717, 1.165) is 25.0 Å². The molecule has 1 aromatic heterocycles. The molecule has 0 saturated heterocycles. The van der Waals surface area contributed by atoms with Crippen molar-refractivity contribution in [1.29, 1.82) is 0 Å². The molecule has 0 saturated carbocycles. The summed E-state index contributed by atoms with van der Waals surface area (Å²) in [4.78, 5) is 1.23. The predicted octanol–water partition coefficient (Wildman–Crippen LogP) is 3.82. The molecule has 94 valence electrons. The van der Waals surface area contributed by atoms with Crippen LogP contribution in [0.1, 0.15) is 44.9 Å². The van der Waals surface area contributed by atoms with Gasteiger partial charge in [0.1, 0.15) is 17.5 Å². The monoisotopic (exact) mass is 252 g/mol. The van der Waals surface area contributed by atoms with Gasteiger partial charge in [-0.15, -0.1) is 11.3 Å². The van der Waals surface area contributed by atoms with Crippen LogP contribution in [0.3, 0.4) is 0 Å². The van der Waals surface area contributed by atoms with Gasteiger partial charge in [0.25, 0.3) is 0 Å². The van der Waals surface area contributed by atoms with E-state index in [-0.39, 0.29) is 5.60 Å². The van der Waals surface area contributed by atoms with Gasteiger partial charge in [0, 0.05) is 10.5 Å². The zero-order valence-electron chi connectivity index (χ0n) is 10.7. The smallest absolute Gasteiger partial charge is 0.130 e. The first-order valence-corrected chi connectivity index (χ1v) is 6.99. The highest BCUT2D eigenvalue weighted by atomic mass is 32.1. The molecule has 0 aliphatic heterocycles. The van der Waals surface area contributed by atoms with Gasteiger partial charge in [-0.1, -0.05) is 6.07 Å². The topological polar surface area (TPSA) is 29.5 Å². The van der Waals surface area contributed by atoms with Crippen LogP contribution in [-0.2, 0) is 4.74 Å². The maximum Gasteiger partial charge on any atom is 0.130 e. The van der Waals surface area contributed by atoms with Gasteiger partial charge in [-0.3, -0.25) is 0 Å². The van der Waals surface area contributed by atoms with E-state index in [1.54, 1.807) is 11.3 Å². The van der Waals surface area contributed by atoms with E-state index in [0.29, 0.717) is 0 Å². The molecule has 1 aromatic rings. The summed E-state index contributed by atoms with van der Waals surface area (Å²) in [6.07, 6.45) is 2.40. The van der Waals surface area contributed by atoms with Crippen LogP contribution in [0.15, 0.2) is 23.3 Å². The molecule has 0 aromatic carbocycles. The second-order valence-electron chi connectivity index (χ2n) is 5.44. The number of ether oxygens (including phenoxy) is 1. The Kier molecular flexibility index (Phi) is 3.59. The number of allylic oxidation sites excluding steroid dienone is 1. The van der Waals surface area contributed by atoms with Gasteiger partial charge in [-0.2, -0.15) is 0 Å². The molecule has 1 aliphatic rings. The third kappa shape index (κ3) is 3.11. The Balaban J connectivity index is 2.36. The lowest BCUT2D eigenvalue weighted by Crippen LogP contribution is -2.27. The average molecular weight is 252 g/mol. The Morgan fingerprint density at radius 3 is 2.76 bits per heavy atom. The lowest BCUT2D eigenvalue weighted by molar-refractivity contribution is 0.00419. The molecule has 0 spiro atoms. The maximum atomic E-state index is 10.1. The number of rotatable bonds is 2. The summed E-state index contributed by atoms with van der Waals surface area (Å²) in [5.41, 5.74) is 0.935. The Morgan fingerprint density at radius 2 is 2.18 bits per heavy atom. The fourth-order valence-corrected chi connectivity index (χ4v) is 2.89. The molecule has 0 fully saturated rings. The summed E-state index contributed by atoms with van der Waals surface area (Å²) < 4.78 is 5.96. The van der Waals surface area contributed by atoms with Crippen molar-refractivity contribution >= 4 is 16.9 Å². The molecule has 17 heavy (non-hydrogen) atoms. The van der Waals surface area contributed by atoms with Gasteiger partial charge < -0.3 is 9.84 Å². The number of thiophene rings is 1. The fourth-order valence-electron chi connectivity index (χ4n) is 2.08. The second-order valence-corrected chi connectivity index (χ2v) is 6.39. The number of hydrogen-bond donors (Lipinski definition) is 1. The minimum atomic E-state index is -0.444. The van der Waals surface area contributed by atoms with Crippen molar-refractivity contribution in [3.63, 3.8) is 0 Å². The van der Waals surface area contributed by atoms with Crippen molar-refractivity contribution in [2.24, 2.45) is 0 Å². The van der Waals surface area contributed by atoms with E-state index >= 15 is 0 Å². The first-order valence-electron chi connectivity index (χ1n) is 6.11. The minimum absolute atomic E-state index is 0.254. The van der Waals surface area contributed by atoms with E-state index in [9.17, 15) is 5.11 Å². The second kappa shape index (κ2) is 4.83. The standard InChI is InChI=1S/C14H20O2S/c1-14(2,3)16-13-10(6-4-7-11(13)15)12-8-5-9-17-12/h5,8-9,11,15H,4,6-7H2,1-3H3. The first-order chi connectivity index (χ1) is 7.97. The van der Waals surface area contributed by atoms with Gasteiger partial charge in [0.2, 0.25) is 0 Å². The van der Waals surface area contributed by atoms with Gasteiger partial charge >= 0.3 is 0 Å². The summed E-state index contributed by atoms with van der Waals surface area (Å²) in [5, 5.41) is 12.2. The molecule has 1 atom stereocenters. The van der Waals surface area contributed by atoms with Crippen molar-refractivity contribution in [3.05, 3.63) is 28.1 Å². The van der Waals surface area contributed by atoms with Crippen LogP contribution >= 0.6 is 11.3 Å². The van der Waals surface area contributed by atoms with Crippen molar-refractivity contribution < 1.29 is 9.84 Å². The van der Waals surface area contributed by atoms with Crippen LogP contribution in [0.4, 0.5) is 0 Å². The Bertz CT molecular complexity index is 398. The highest BCUT2D eigenvalue weighted by Gasteiger charge is 2.27. The lowest BCUT2D eigenvalue weighted by Gasteiger charge is -2.31. The van der Waals surface area contributed by atoms with E-state index in [2.05, 4.69) is 11.4 Å². The molecular weight excluding hydrogens is 232 g/mol. The normalized spacial score (nSPS) is 21.8. The third-order valence-corrected chi connectivity index (χ3v) is 3.67. The summed E-state index contributed by atoms with van der Waals surface area (Å²) in [5.74, 6) is 0.784. The van der Waals surface area contributed by atoms with Gasteiger partial charge in [0.05, 0.1) is 0 Å². The highest BCUT2D eigenvalue weighted by Crippen LogP contribution is 2.36. The molecule has 0 amide bonds. The molecule has 2 rings (SSSR count). The Hall–Kier alpha value is -0.800. The number of hydrogen-bond acceptors (Lipinski definition) is 3. The maximum absolute atomic E-state index is 10.1. The third-order valence-electron chi connectivity index (χ3n) is 2.74. The van der Waals surface area contributed by atoms with Crippen molar-refractivity contribution in [2.75, 3.05) is 0 Å². The van der Waals surface area contributed by atoms with Crippen molar-refractivity contribution in [3.8, 4) is 0 Å². The SMILES string of the molecule is CC(C)(C)OC1=C(c2cccs2)CCCC1O. The number of aliphatic hydroxyl groups is 1. The summed E-state index contributed by atoms with van der Waals surface area (Å²) in [7, 11) is 0. The number of aliphatic hydroxyl groups excluding tert-OH is 1. The highest BCUT2D eigenvalue weighted by molar-refractivity contribution is 7.11. The molecule has 0 bridgehead atoms. The van der Waals surface area contributed by atoms with Crippen LogP contribution in [0.25, 0.3) is 5.57 Å². The first kappa shape index (κ1) is 12.7. The molecular formula is C14H20O2S. The Labute approximate surface area is 107 Å². The summed E-state index contributed by atoms with van der Waals surface area (Å²) in [6, 6.07) is 4.15. The molecule has 3 heteroatoms.